The fourth-order valence-electron chi connectivity index (χ4n) is 3.24. The number of nitrogens with zero attached hydrogens (tertiary/aromatic N) is 1. The van der Waals surface area contributed by atoms with Gasteiger partial charge < -0.3 is 5.73 Å². The zero-order chi connectivity index (χ0) is 13.9. The molecule has 1 saturated heterocycles. The van der Waals surface area contributed by atoms with Gasteiger partial charge in [-0.25, -0.2) is 0 Å². The SMILES string of the molecule is CCC1(CC)CCN(Cc2ccc(N)c(C)c2)CC1. The molecule has 0 unspecified atom stereocenters. The molecule has 0 atom stereocenters. The summed E-state index contributed by atoms with van der Waals surface area (Å²) in [6, 6.07) is 6.44. The fraction of sp³-hybridized carbons (Fsp3) is 0.647. The molecule has 1 aliphatic heterocycles. The first-order valence-corrected chi connectivity index (χ1v) is 7.66. The van der Waals surface area contributed by atoms with Gasteiger partial charge in [0.25, 0.3) is 0 Å². The molecule has 0 radical (unpaired) electrons. The summed E-state index contributed by atoms with van der Waals surface area (Å²) in [5.41, 5.74) is 10.00. The molecule has 2 nitrogen and oxygen atoms in total. The van der Waals surface area contributed by atoms with Gasteiger partial charge in [-0.3, -0.25) is 4.90 Å². The molecule has 2 N–H and O–H groups in total. The lowest BCUT2D eigenvalue weighted by Crippen LogP contribution is -2.39. The number of nitrogen functional groups attached to an aromatic ring is 1. The molecular weight excluding hydrogens is 232 g/mol. The van der Waals surface area contributed by atoms with E-state index in [2.05, 4.69) is 37.8 Å². The fourth-order valence-corrected chi connectivity index (χ4v) is 3.24. The van der Waals surface area contributed by atoms with E-state index in [1.54, 1.807) is 0 Å². The molecule has 0 saturated carbocycles. The van der Waals surface area contributed by atoms with Crippen LogP contribution in [0.3, 0.4) is 0 Å². The number of rotatable bonds is 4. The summed E-state index contributed by atoms with van der Waals surface area (Å²) < 4.78 is 0. The molecule has 0 aliphatic carbocycles. The van der Waals surface area contributed by atoms with Gasteiger partial charge in [-0.1, -0.05) is 38.8 Å². The molecular formula is C17H28N2. The molecule has 0 bridgehead atoms. The maximum absolute atomic E-state index is 5.88. The van der Waals surface area contributed by atoms with E-state index in [1.165, 1.54) is 49.9 Å². The number of hydrogen-bond donors (Lipinski definition) is 1. The normalized spacial score (nSPS) is 19.5. The van der Waals surface area contributed by atoms with Gasteiger partial charge in [-0.05, 0) is 55.5 Å². The van der Waals surface area contributed by atoms with Crippen molar-refractivity contribution in [1.29, 1.82) is 0 Å². The lowest BCUT2D eigenvalue weighted by atomic mass is 9.74. The predicted molar refractivity (Wildman–Crippen MR) is 83.1 cm³/mol. The largest absolute Gasteiger partial charge is 0.399 e. The summed E-state index contributed by atoms with van der Waals surface area (Å²) in [5.74, 6) is 0. The molecule has 0 spiro atoms. The number of piperidine rings is 1. The van der Waals surface area contributed by atoms with Crippen LogP contribution >= 0.6 is 0 Å². The van der Waals surface area contributed by atoms with Gasteiger partial charge in [0, 0.05) is 12.2 Å². The Hall–Kier alpha value is -1.02. The number of hydrogen-bond acceptors (Lipinski definition) is 2. The molecule has 1 fully saturated rings. The van der Waals surface area contributed by atoms with Crippen molar-refractivity contribution in [1.82, 2.24) is 4.90 Å². The average molecular weight is 260 g/mol. The minimum Gasteiger partial charge on any atom is -0.399 e. The Kier molecular flexibility index (Phi) is 4.51. The van der Waals surface area contributed by atoms with Gasteiger partial charge in [0.2, 0.25) is 0 Å². The summed E-state index contributed by atoms with van der Waals surface area (Å²) in [7, 11) is 0. The van der Waals surface area contributed by atoms with Crippen molar-refractivity contribution < 1.29 is 0 Å². The second-order valence-corrected chi connectivity index (χ2v) is 6.17. The van der Waals surface area contributed by atoms with Crippen molar-refractivity contribution in [3.8, 4) is 0 Å². The van der Waals surface area contributed by atoms with Crippen LogP contribution in [0.1, 0.15) is 50.7 Å². The monoisotopic (exact) mass is 260 g/mol. The highest BCUT2D eigenvalue weighted by Gasteiger charge is 2.30. The zero-order valence-electron chi connectivity index (χ0n) is 12.7. The van der Waals surface area contributed by atoms with Gasteiger partial charge in [-0.15, -0.1) is 0 Å². The van der Waals surface area contributed by atoms with E-state index >= 15 is 0 Å². The first-order chi connectivity index (χ1) is 9.08. The van der Waals surface area contributed by atoms with E-state index in [1.807, 2.05) is 6.07 Å². The molecule has 2 rings (SSSR count). The third kappa shape index (κ3) is 3.30. The van der Waals surface area contributed by atoms with Crippen molar-refractivity contribution >= 4 is 5.69 Å². The smallest absolute Gasteiger partial charge is 0.0343 e. The number of likely N-dealkylation sites (tertiary alicyclic amines) is 1. The van der Waals surface area contributed by atoms with Crippen LogP contribution in [0.5, 0.6) is 0 Å². The molecule has 1 heterocycles. The van der Waals surface area contributed by atoms with Crippen molar-refractivity contribution in [3.63, 3.8) is 0 Å². The van der Waals surface area contributed by atoms with Gasteiger partial charge in [0.05, 0.1) is 0 Å². The quantitative estimate of drug-likeness (QED) is 0.830. The first-order valence-electron chi connectivity index (χ1n) is 7.66. The summed E-state index contributed by atoms with van der Waals surface area (Å²) in [5, 5.41) is 0. The Morgan fingerprint density at radius 3 is 2.32 bits per heavy atom. The van der Waals surface area contributed by atoms with Crippen LogP contribution in [0.25, 0.3) is 0 Å². The maximum atomic E-state index is 5.88. The van der Waals surface area contributed by atoms with Gasteiger partial charge in [0.15, 0.2) is 0 Å². The van der Waals surface area contributed by atoms with E-state index < -0.39 is 0 Å². The van der Waals surface area contributed by atoms with Crippen LogP contribution in [0.2, 0.25) is 0 Å². The minimum atomic E-state index is 0.619. The average Bonchev–Trinajstić information content (AvgIpc) is 2.44. The third-order valence-corrected chi connectivity index (χ3v) is 5.16. The van der Waals surface area contributed by atoms with Gasteiger partial charge >= 0.3 is 0 Å². The predicted octanol–water partition coefficient (Wildman–Crippen LogP) is 3.98. The Balaban J connectivity index is 1.93. The summed E-state index contributed by atoms with van der Waals surface area (Å²) in [4.78, 5) is 2.59. The number of nitrogens with two attached hydrogens (primary N) is 1. The Morgan fingerprint density at radius 1 is 1.16 bits per heavy atom. The number of benzene rings is 1. The topological polar surface area (TPSA) is 29.3 Å². The second kappa shape index (κ2) is 5.96. The van der Waals surface area contributed by atoms with Crippen molar-refractivity contribution in [2.75, 3.05) is 18.8 Å². The molecule has 1 aromatic carbocycles. The van der Waals surface area contributed by atoms with Crippen molar-refractivity contribution in [3.05, 3.63) is 29.3 Å². The minimum absolute atomic E-state index is 0.619. The Labute approximate surface area is 118 Å². The number of anilines is 1. The Morgan fingerprint density at radius 2 is 1.79 bits per heavy atom. The lowest BCUT2D eigenvalue weighted by molar-refractivity contribution is 0.0909. The Bertz CT molecular complexity index is 411. The van der Waals surface area contributed by atoms with E-state index in [4.69, 9.17) is 5.73 Å². The molecule has 0 aromatic heterocycles. The standard InChI is InChI=1S/C17H28N2/c1-4-17(5-2)8-10-19(11-9-17)13-15-6-7-16(18)14(3)12-15/h6-7,12H,4-5,8-11,13,18H2,1-3H3. The maximum Gasteiger partial charge on any atom is 0.0343 e. The molecule has 106 valence electrons. The molecule has 0 amide bonds. The van der Waals surface area contributed by atoms with Crippen LogP contribution in [0, 0.1) is 12.3 Å². The van der Waals surface area contributed by atoms with Gasteiger partial charge in [0.1, 0.15) is 0 Å². The molecule has 2 heteroatoms. The van der Waals surface area contributed by atoms with Crippen molar-refractivity contribution in [2.45, 2.75) is 53.0 Å². The van der Waals surface area contributed by atoms with E-state index in [0.29, 0.717) is 5.41 Å². The zero-order valence-corrected chi connectivity index (χ0v) is 12.7. The highest BCUT2D eigenvalue weighted by molar-refractivity contribution is 5.47. The number of aryl methyl sites for hydroxylation is 1. The van der Waals surface area contributed by atoms with E-state index in [0.717, 1.165) is 12.2 Å². The van der Waals surface area contributed by atoms with Crippen molar-refractivity contribution in [2.24, 2.45) is 5.41 Å². The van der Waals surface area contributed by atoms with Crippen LogP contribution in [-0.2, 0) is 6.54 Å². The second-order valence-electron chi connectivity index (χ2n) is 6.17. The summed E-state index contributed by atoms with van der Waals surface area (Å²) in [6.07, 6.45) is 5.37. The first kappa shape index (κ1) is 14.4. The molecule has 1 aliphatic rings. The summed E-state index contributed by atoms with van der Waals surface area (Å²) in [6.45, 7) is 10.3. The molecule has 19 heavy (non-hydrogen) atoms. The van der Waals surface area contributed by atoms with E-state index in [-0.39, 0.29) is 0 Å². The lowest BCUT2D eigenvalue weighted by Gasteiger charge is -2.41. The highest BCUT2D eigenvalue weighted by atomic mass is 15.1. The van der Waals surface area contributed by atoms with Crippen LogP contribution in [0.15, 0.2) is 18.2 Å². The van der Waals surface area contributed by atoms with Gasteiger partial charge in [-0.2, -0.15) is 0 Å². The molecule has 1 aromatic rings. The van der Waals surface area contributed by atoms with Crippen LogP contribution < -0.4 is 5.73 Å². The van der Waals surface area contributed by atoms with E-state index in [9.17, 15) is 0 Å². The third-order valence-electron chi connectivity index (χ3n) is 5.16. The summed E-state index contributed by atoms with van der Waals surface area (Å²) >= 11 is 0. The highest BCUT2D eigenvalue weighted by Crippen LogP contribution is 2.38. The van der Waals surface area contributed by atoms with Crippen LogP contribution in [0.4, 0.5) is 5.69 Å². The van der Waals surface area contributed by atoms with Crippen LogP contribution in [-0.4, -0.2) is 18.0 Å².